The smallest absolute Gasteiger partial charge is 0.338 e. The van der Waals surface area contributed by atoms with Crippen LogP contribution in [0.4, 0.5) is 4.79 Å². The van der Waals surface area contributed by atoms with E-state index < -0.39 is 24.0 Å². The second-order valence-electron chi connectivity index (χ2n) is 8.16. The van der Waals surface area contributed by atoms with Gasteiger partial charge in [-0.05, 0) is 49.8 Å². The van der Waals surface area contributed by atoms with Crippen LogP contribution >= 0.6 is 0 Å². The lowest BCUT2D eigenvalue weighted by Gasteiger charge is -2.30. The number of nitrogens with one attached hydrogen (secondary N) is 2. The number of amides is 2. The van der Waals surface area contributed by atoms with Gasteiger partial charge in [-0.1, -0.05) is 38.3 Å². The quantitative estimate of drug-likeness (QED) is 0.453. The highest BCUT2D eigenvalue weighted by atomic mass is 16.5. The monoisotopic (exact) mass is 429 g/mol. The Morgan fingerprint density at radius 3 is 2.45 bits per heavy atom. The summed E-state index contributed by atoms with van der Waals surface area (Å²) in [5, 5.41) is 5.54. The minimum atomic E-state index is -0.732. The summed E-state index contributed by atoms with van der Waals surface area (Å²) in [4.78, 5) is 36.9. The number of urea groups is 1. The zero-order valence-corrected chi connectivity index (χ0v) is 18.1. The van der Waals surface area contributed by atoms with Crippen LogP contribution in [0.2, 0.25) is 0 Å². The Kier molecular flexibility index (Phi) is 7.68. The van der Waals surface area contributed by atoms with Crippen LogP contribution < -0.4 is 21.1 Å². The number of esters is 2. The molecule has 1 aromatic rings. The lowest BCUT2D eigenvalue weighted by atomic mass is 9.90. The lowest BCUT2D eigenvalue weighted by Crippen LogP contribution is -2.46. The molecule has 168 valence electrons. The van der Waals surface area contributed by atoms with Gasteiger partial charge in [-0.25, -0.2) is 14.4 Å². The van der Waals surface area contributed by atoms with Gasteiger partial charge in [-0.15, -0.1) is 0 Å². The van der Waals surface area contributed by atoms with E-state index in [1.807, 2.05) is 6.92 Å². The van der Waals surface area contributed by atoms with Crippen molar-refractivity contribution in [2.24, 2.45) is 11.7 Å². The molecule has 8 heteroatoms. The van der Waals surface area contributed by atoms with E-state index in [9.17, 15) is 14.4 Å². The van der Waals surface area contributed by atoms with Gasteiger partial charge in [-0.3, -0.25) is 0 Å². The lowest BCUT2D eigenvalue weighted by molar-refractivity contribution is -0.141. The normalized spacial score (nSPS) is 20.5. The van der Waals surface area contributed by atoms with E-state index in [4.69, 9.17) is 15.2 Å². The van der Waals surface area contributed by atoms with Gasteiger partial charge in [0.15, 0.2) is 0 Å². The van der Waals surface area contributed by atoms with Crippen molar-refractivity contribution in [3.63, 3.8) is 0 Å². The summed E-state index contributed by atoms with van der Waals surface area (Å²) in [5.74, 6) is -0.227. The molecule has 2 unspecified atom stereocenters. The van der Waals surface area contributed by atoms with E-state index in [1.165, 1.54) is 19.3 Å². The van der Waals surface area contributed by atoms with E-state index in [2.05, 4.69) is 10.6 Å². The average molecular weight is 430 g/mol. The fraction of sp³-hybridized carbons (Fsp3) is 0.522. The number of benzene rings is 1. The van der Waals surface area contributed by atoms with Gasteiger partial charge in [0.1, 0.15) is 11.8 Å². The van der Waals surface area contributed by atoms with E-state index in [1.54, 1.807) is 31.2 Å². The molecule has 1 fully saturated rings. The largest absolute Gasteiger partial charge is 0.462 e. The maximum atomic E-state index is 13.0. The molecule has 1 aliphatic carbocycles. The Hall–Kier alpha value is -2.87. The van der Waals surface area contributed by atoms with Crippen molar-refractivity contribution in [2.75, 3.05) is 6.61 Å². The number of rotatable bonds is 7. The highest BCUT2D eigenvalue weighted by Gasteiger charge is 2.33. The third-order valence-corrected chi connectivity index (χ3v) is 5.71. The molecule has 3 rings (SSSR count). The molecule has 2 atom stereocenters. The maximum absolute atomic E-state index is 13.0. The Morgan fingerprint density at radius 2 is 1.84 bits per heavy atom. The highest BCUT2D eigenvalue weighted by molar-refractivity contribution is 5.95. The highest BCUT2D eigenvalue weighted by Crippen LogP contribution is 2.31. The van der Waals surface area contributed by atoms with E-state index >= 15 is 0 Å². The molecule has 1 saturated carbocycles. The molecule has 1 aromatic carbocycles. The zero-order valence-electron chi connectivity index (χ0n) is 18.1. The number of hydrogen-bond acceptors (Lipinski definition) is 6. The third-order valence-electron chi connectivity index (χ3n) is 5.71. The fourth-order valence-corrected chi connectivity index (χ4v) is 3.95. The van der Waals surface area contributed by atoms with Crippen molar-refractivity contribution in [3.05, 3.63) is 41.1 Å². The molecule has 1 heterocycles. The Bertz CT molecular complexity index is 841. The molecule has 0 aromatic heterocycles. The minimum Gasteiger partial charge on any atom is -0.462 e. The molecule has 0 saturated heterocycles. The van der Waals surface area contributed by atoms with Gasteiger partial charge in [0.2, 0.25) is 0 Å². The first-order valence-electron chi connectivity index (χ1n) is 10.9. The molecule has 4 N–H and O–H groups in total. The molecular formula is C23H31N3O5. The van der Waals surface area contributed by atoms with Crippen LogP contribution in [0, 0.1) is 5.92 Å². The van der Waals surface area contributed by atoms with Crippen LogP contribution in [-0.2, 0) is 14.3 Å². The van der Waals surface area contributed by atoms with Gasteiger partial charge < -0.3 is 25.8 Å². The van der Waals surface area contributed by atoms with Gasteiger partial charge in [0.25, 0.3) is 0 Å². The topological polar surface area (TPSA) is 120 Å². The Balaban J connectivity index is 1.78. The Labute approximate surface area is 182 Å². The first-order chi connectivity index (χ1) is 14.9. The van der Waals surface area contributed by atoms with Crippen molar-refractivity contribution in [1.29, 1.82) is 0 Å². The third kappa shape index (κ3) is 5.85. The number of nitrogens with two attached hydrogens (primary N) is 1. The standard InChI is InChI=1S/C23H31N3O5/c1-3-18-19(22(28)30-13-15-7-5-4-6-8-15)20(26-23(29)25-18)16-9-11-17(12-10-16)31-21(27)14(2)24/h9-12,14-15,20H,3-8,13,24H2,1-2H3,(H2,25,26,29). The second-order valence-corrected chi connectivity index (χ2v) is 8.16. The van der Waals surface area contributed by atoms with Gasteiger partial charge in [0, 0.05) is 5.70 Å². The van der Waals surface area contributed by atoms with E-state index in [0.717, 1.165) is 12.8 Å². The summed E-state index contributed by atoms with van der Waals surface area (Å²) >= 11 is 0. The molecule has 1 aliphatic heterocycles. The summed E-state index contributed by atoms with van der Waals surface area (Å²) in [6.07, 6.45) is 6.22. The minimum absolute atomic E-state index is 0.340. The van der Waals surface area contributed by atoms with Crippen LogP contribution in [0.1, 0.15) is 64.0 Å². The predicted octanol–water partition coefficient (Wildman–Crippen LogP) is 3.08. The van der Waals surface area contributed by atoms with Crippen molar-refractivity contribution < 1.29 is 23.9 Å². The second kappa shape index (κ2) is 10.4. The SMILES string of the molecule is CCC1=C(C(=O)OCC2CCCCC2)C(c2ccc(OC(=O)C(C)N)cc2)NC(=O)N1. The molecule has 0 radical (unpaired) electrons. The number of hydrogen-bond donors (Lipinski definition) is 3. The zero-order chi connectivity index (χ0) is 22.4. The van der Waals surface area contributed by atoms with Gasteiger partial charge in [-0.2, -0.15) is 0 Å². The first kappa shape index (κ1) is 22.8. The summed E-state index contributed by atoms with van der Waals surface area (Å²) in [6, 6.07) is 4.88. The molecule has 2 aliphatic rings. The molecule has 0 spiro atoms. The number of ether oxygens (including phenoxy) is 2. The van der Waals surface area contributed by atoms with E-state index in [0.29, 0.717) is 41.5 Å². The van der Waals surface area contributed by atoms with Crippen molar-refractivity contribution in [3.8, 4) is 5.75 Å². The van der Waals surface area contributed by atoms with Gasteiger partial charge in [0.05, 0.1) is 18.2 Å². The van der Waals surface area contributed by atoms with Crippen molar-refractivity contribution in [2.45, 2.75) is 64.5 Å². The summed E-state index contributed by atoms with van der Waals surface area (Å²) in [5.41, 5.74) is 7.16. The molecule has 31 heavy (non-hydrogen) atoms. The number of carbonyl (C=O) groups excluding carboxylic acids is 3. The van der Waals surface area contributed by atoms with Gasteiger partial charge >= 0.3 is 18.0 Å². The van der Waals surface area contributed by atoms with Crippen molar-refractivity contribution in [1.82, 2.24) is 10.6 Å². The molecule has 0 bridgehead atoms. The fourth-order valence-electron chi connectivity index (χ4n) is 3.95. The van der Waals surface area contributed by atoms with E-state index in [-0.39, 0.29) is 6.03 Å². The predicted molar refractivity (Wildman–Crippen MR) is 115 cm³/mol. The molecular weight excluding hydrogens is 398 g/mol. The van der Waals surface area contributed by atoms with Crippen LogP contribution in [0.25, 0.3) is 0 Å². The molecule has 8 nitrogen and oxygen atoms in total. The number of carbonyl (C=O) groups is 3. The molecule has 2 amide bonds. The summed E-state index contributed by atoms with van der Waals surface area (Å²) in [7, 11) is 0. The van der Waals surface area contributed by atoms with Crippen molar-refractivity contribution >= 4 is 18.0 Å². The maximum Gasteiger partial charge on any atom is 0.338 e. The van der Waals surface area contributed by atoms with Crippen LogP contribution in [0.5, 0.6) is 5.75 Å². The van der Waals surface area contributed by atoms with Crippen LogP contribution in [0.15, 0.2) is 35.5 Å². The average Bonchev–Trinajstić information content (AvgIpc) is 2.78. The van der Waals surface area contributed by atoms with Crippen LogP contribution in [-0.4, -0.2) is 30.6 Å². The first-order valence-corrected chi connectivity index (χ1v) is 10.9. The summed E-state index contributed by atoms with van der Waals surface area (Å²) < 4.78 is 10.9. The number of allylic oxidation sites excluding steroid dienone is 1. The van der Waals surface area contributed by atoms with Crippen LogP contribution in [0.3, 0.4) is 0 Å². The Morgan fingerprint density at radius 1 is 1.16 bits per heavy atom. The summed E-state index contributed by atoms with van der Waals surface area (Å²) in [6.45, 7) is 3.82.